The summed E-state index contributed by atoms with van der Waals surface area (Å²) in [5.74, 6) is 0.640. The van der Waals surface area contributed by atoms with Crippen LogP contribution < -0.4 is 10.2 Å². The third-order valence-corrected chi connectivity index (χ3v) is 6.22. The summed E-state index contributed by atoms with van der Waals surface area (Å²) in [6, 6.07) is 5.06. The second-order valence-electron chi connectivity index (χ2n) is 8.52. The molecule has 0 atom stereocenters. The Hall–Kier alpha value is -2.43. The van der Waals surface area contributed by atoms with Crippen molar-refractivity contribution < 1.29 is 18.3 Å². The Morgan fingerprint density at radius 1 is 1.25 bits per heavy atom. The van der Waals surface area contributed by atoms with Crippen LogP contribution in [0.2, 0.25) is 5.28 Å². The molecule has 2 saturated heterocycles. The number of halogens is 4. The van der Waals surface area contributed by atoms with Crippen LogP contribution in [0.1, 0.15) is 30.9 Å². The molecule has 0 aliphatic carbocycles. The lowest BCUT2D eigenvalue weighted by Crippen LogP contribution is -2.62. The van der Waals surface area contributed by atoms with Gasteiger partial charge >= 0.3 is 6.18 Å². The molecule has 3 N–H and O–H groups in total. The Balaban J connectivity index is 1.51. The summed E-state index contributed by atoms with van der Waals surface area (Å²) in [7, 11) is 0. The SMILES string of the molecule is CC1(O)CCN(C2CN(c3nc(Cl)nc(Nc4cccc(C(F)(F)F)c4)c3C=N)C2)CC1. The average Bonchev–Trinajstić information content (AvgIpc) is 2.67. The molecule has 1 aromatic carbocycles. The smallest absolute Gasteiger partial charge is 0.390 e. The third kappa shape index (κ3) is 4.82. The van der Waals surface area contributed by atoms with Crippen LogP contribution in [0, 0.1) is 5.41 Å². The van der Waals surface area contributed by atoms with E-state index in [2.05, 4.69) is 20.2 Å². The Labute approximate surface area is 188 Å². The lowest BCUT2D eigenvalue weighted by molar-refractivity contribution is -0.137. The van der Waals surface area contributed by atoms with E-state index in [1.54, 1.807) is 0 Å². The van der Waals surface area contributed by atoms with E-state index in [-0.39, 0.29) is 16.8 Å². The van der Waals surface area contributed by atoms with E-state index in [4.69, 9.17) is 17.0 Å². The summed E-state index contributed by atoms with van der Waals surface area (Å²) in [6.07, 6.45) is -1.95. The molecular formula is C21H24ClF3N6O. The molecule has 0 amide bonds. The van der Waals surface area contributed by atoms with Crippen LogP contribution in [-0.4, -0.2) is 64.0 Å². The van der Waals surface area contributed by atoms with E-state index in [1.165, 1.54) is 12.1 Å². The molecule has 0 radical (unpaired) electrons. The van der Waals surface area contributed by atoms with Crippen molar-refractivity contribution in [2.75, 3.05) is 36.4 Å². The van der Waals surface area contributed by atoms with Crippen molar-refractivity contribution in [2.45, 2.75) is 37.6 Å². The summed E-state index contributed by atoms with van der Waals surface area (Å²) in [5.41, 5.74) is -0.861. The molecule has 4 rings (SSSR count). The number of benzene rings is 1. The number of anilines is 3. The zero-order chi connectivity index (χ0) is 23.1. The number of alkyl halides is 3. The first-order valence-corrected chi connectivity index (χ1v) is 10.7. The van der Waals surface area contributed by atoms with Gasteiger partial charge in [-0.2, -0.15) is 23.1 Å². The van der Waals surface area contributed by atoms with Gasteiger partial charge in [0.2, 0.25) is 5.28 Å². The zero-order valence-electron chi connectivity index (χ0n) is 17.5. The molecule has 172 valence electrons. The molecule has 3 heterocycles. The number of nitrogens with one attached hydrogen (secondary N) is 2. The quantitative estimate of drug-likeness (QED) is 0.455. The lowest BCUT2D eigenvalue weighted by Gasteiger charge is -2.49. The number of nitrogens with zero attached hydrogens (tertiary/aromatic N) is 4. The second-order valence-corrected chi connectivity index (χ2v) is 8.86. The fraction of sp³-hybridized carbons (Fsp3) is 0.476. The topological polar surface area (TPSA) is 88.4 Å². The highest BCUT2D eigenvalue weighted by Gasteiger charge is 2.38. The maximum atomic E-state index is 13.0. The number of hydrogen-bond donors (Lipinski definition) is 3. The van der Waals surface area contributed by atoms with Gasteiger partial charge in [-0.1, -0.05) is 6.07 Å². The van der Waals surface area contributed by atoms with Gasteiger partial charge in [0.25, 0.3) is 0 Å². The van der Waals surface area contributed by atoms with Gasteiger partial charge in [0, 0.05) is 44.1 Å². The molecule has 1 aromatic heterocycles. The number of aliphatic hydroxyl groups is 1. The van der Waals surface area contributed by atoms with Crippen LogP contribution in [0.15, 0.2) is 24.3 Å². The fourth-order valence-corrected chi connectivity index (χ4v) is 4.20. The molecule has 0 unspecified atom stereocenters. The van der Waals surface area contributed by atoms with Crippen molar-refractivity contribution >= 4 is 35.1 Å². The minimum atomic E-state index is -4.47. The van der Waals surface area contributed by atoms with Crippen molar-refractivity contribution in [2.24, 2.45) is 0 Å². The van der Waals surface area contributed by atoms with E-state index in [9.17, 15) is 18.3 Å². The largest absolute Gasteiger partial charge is 0.416 e. The van der Waals surface area contributed by atoms with E-state index in [0.29, 0.717) is 30.5 Å². The second kappa shape index (κ2) is 8.49. The van der Waals surface area contributed by atoms with Crippen LogP contribution in [0.25, 0.3) is 0 Å². The van der Waals surface area contributed by atoms with E-state index < -0.39 is 17.3 Å². The van der Waals surface area contributed by atoms with Gasteiger partial charge in [0.05, 0.1) is 16.7 Å². The van der Waals surface area contributed by atoms with Crippen LogP contribution >= 0.6 is 11.6 Å². The number of rotatable bonds is 5. The summed E-state index contributed by atoms with van der Waals surface area (Å²) < 4.78 is 39.1. The van der Waals surface area contributed by atoms with E-state index in [0.717, 1.165) is 44.3 Å². The molecule has 0 bridgehead atoms. The standard InChI is InChI=1S/C21H24ClF3N6O/c1-20(32)5-7-30(8-6-20)15-11-31(12-15)18-16(10-26)17(28-19(22)29-18)27-14-4-2-3-13(9-14)21(23,24)25/h2-4,9-10,15,26,32H,5-8,11-12H2,1H3,(H,27,28,29). The van der Waals surface area contributed by atoms with Crippen molar-refractivity contribution in [1.82, 2.24) is 14.9 Å². The highest BCUT2D eigenvalue weighted by Crippen LogP contribution is 2.34. The summed E-state index contributed by atoms with van der Waals surface area (Å²) in [4.78, 5) is 12.7. The molecule has 2 aliphatic heterocycles. The van der Waals surface area contributed by atoms with Crippen molar-refractivity contribution in [1.29, 1.82) is 5.41 Å². The Bertz CT molecular complexity index is 1000. The fourth-order valence-electron chi connectivity index (χ4n) is 4.04. The number of likely N-dealkylation sites (tertiary alicyclic amines) is 1. The maximum absolute atomic E-state index is 13.0. The molecule has 2 aromatic rings. The van der Waals surface area contributed by atoms with Gasteiger partial charge in [-0.05, 0) is 49.6 Å². The normalized spacial score (nSPS) is 19.5. The summed E-state index contributed by atoms with van der Waals surface area (Å²) >= 11 is 6.11. The predicted octanol–water partition coefficient (Wildman–Crippen LogP) is 3.93. The van der Waals surface area contributed by atoms with Crippen LogP contribution in [-0.2, 0) is 6.18 Å². The molecule has 2 fully saturated rings. The minimum absolute atomic E-state index is 0.0578. The van der Waals surface area contributed by atoms with Crippen molar-refractivity contribution in [3.05, 3.63) is 40.7 Å². The predicted molar refractivity (Wildman–Crippen MR) is 117 cm³/mol. The number of aromatic nitrogens is 2. The molecule has 2 aliphatic rings. The van der Waals surface area contributed by atoms with Gasteiger partial charge in [-0.25, -0.2) is 0 Å². The van der Waals surface area contributed by atoms with Crippen LogP contribution in [0.5, 0.6) is 0 Å². The van der Waals surface area contributed by atoms with Gasteiger partial charge < -0.3 is 20.7 Å². The molecule has 32 heavy (non-hydrogen) atoms. The van der Waals surface area contributed by atoms with Gasteiger partial charge in [-0.3, -0.25) is 4.90 Å². The van der Waals surface area contributed by atoms with Gasteiger partial charge in [0.1, 0.15) is 11.6 Å². The highest BCUT2D eigenvalue weighted by molar-refractivity contribution is 6.28. The third-order valence-electron chi connectivity index (χ3n) is 6.05. The van der Waals surface area contributed by atoms with Gasteiger partial charge in [-0.15, -0.1) is 0 Å². The first-order chi connectivity index (χ1) is 15.1. The molecule has 7 nitrogen and oxygen atoms in total. The van der Waals surface area contributed by atoms with Crippen molar-refractivity contribution in [3.63, 3.8) is 0 Å². The van der Waals surface area contributed by atoms with E-state index in [1.807, 2.05) is 11.8 Å². The summed E-state index contributed by atoms with van der Waals surface area (Å²) in [5, 5.41) is 20.8. The van der Waals surface area contributed by atoms with Crippen LogP contribution in [0.3, 0.4) is 0 Å². The average molecular weight is 469 g/mol. The first kappa shape index (κ1) is 22.8. The molecule has 0 saturated carbocycles. The zero-order valence-corrected chi connectivity index (χ0v) is 18.2. The number of piperidine rings is 1. The monoisotopic (exact) mass is 468 g/mol. The first-order valence-electron chi connectivity index (χ1n) is 10.3. The Morgan fingerprint density at radius 2 is 1.94 bits per heavy atom. The molecular weight excluding hydrogens is 445 g/mol. The molecule has 0 spiro atoms. The summed E-state index contributed by atoms with van der Waals surface area (Å²) in [6.45, 7) is 4.85. The minimum Gasteiger partial charge on any atom is -0.390 e. The maximum Gasteiger partial charge on any atom is 0.416 e. The van der Waals surface area contributed by atoms with Gasteiger partial charge in [0.15, 0.2) is 0 Å². The number of hydrogen-bond acceptors (Lipinski definition) is 7. The lowest BCUT2D eigenvalue weighted by atomic mass is 9.91. The Morgan fingerprint density at radius 3 is 2.56 bits per heavy atom. The molecule has 11 heteroatoms. The van der Waals surface area contributed by atoms with Crippen LogP contribution in [0.4, 0.5) is 30.5 Å². The highest BCUT2D eigenvalue weighted by atomic mass is 35.5. The Kier molecular flexibility index (Phi) is 6.04. The van der Waals surface area contributed by atoms with E-state index >= 15 is 0 Å². The van der Waals surface area contributed by atoms with Crippen molar-refractivity contribution in [3.8, 4) is 0 Å².